The third-order valence-electron chi connectivity index (χ3n) is 6.63. The highest BCUT2D eigenvalue weighted by Crippen LogP contribution is 2.31. The van der Waals surface area contributed by atoms with Gasteiger partial charge in [-0.2, -0.15) is 0 Å². The van der Waals surface area contributed by atoms with Crippen LogP contribution in [-0.2, 0) is 9.53 Å². The van der Waals surface area contributed by atoms with Gasteiger partial charge in [0, 0.05) is 37.1 Å². The molecule has 0 atom stereocenters. The fourth-order valence-electron chi connectivity index (χ4n) is 4.61. The summed E-state index contributed by atoms with van der Waals surface area (Å²) in [7, 11) is 1.63. The number of likely N-dealkylation sites (tertiary alicyclic amines) is 1. The maximum Gasteiger partial charge on any atom is 0.309 e. The molecule has 4 rings (SSSR count). The lowest BCUT2D eigenvalue weighted by atomic mass is 9.96. The Labute approximate surface area is 218 Å². The lowest BCUT2D eigenvalue weighted by Gasteiger charge is -2.32. The number of methoxy groups -OCH3 is 1. The number of nitrogens with zero attached hydrogens (tertiary/aromatic N) is 4. The zero-order chi connectivity index (χ0) is 26.4. The van der Waals surface area contributed by atoms with Crippen molar-refractivity contribution in [2.75, 3.05) is 38.3 Å². The van der Waals surface area contributed by atoms with Crippen LogP contribution in [0, 0.1) is 12.8 Å². The first-order valence-electron chi connectivity index (χ1n) is 12.8. The fraction of sp³-hybridized carbons (Fsp3) is 0.379. The van der Waals surface area contributed by atoms with Crippen molar-refractivity contribution < 1.29 is 19.1 Å². The number of amides is 1. The van der Waals surface area contributed by atoms with E-state index >= 15 is 0 Å². The molecular weight excluding hydrogens is 468 g/mol. The second kappa shape index (κ2) is 11.9. The first-order chi connectivity index (χ1) is 17.9. The molecule has 0 saturated carbocycles. The quantitative estimate of drug-likeness (QED) is 0.399. The van der Waals surface area contributed by atoms with Crippen molar-refractivity contribution in [2.45, 2.75) is 33.6 Å². The molecule has 0 radical (unpaired) electrons. The van der Waals surface area contributed by atoms with Crippen LogP contribution in [0.1, 0.15) is 42.6 Å². The summed E-state index contributed by atoms with van der Waals surface area (Å²) in [6.07, 6.45) is 2.79. The van der Waals surface area contributed by atoms with E-state index < -0.39 is 0 Å². The van der Waals surface area contributed by atoms with Gasteiger partial charge in [0.05, 0.1) is 19.6 Å². The highest BCUT2D eigenvalue weighted by atomic mass is 16.5. The number of hydrogen-bond donors (Lipinski definition) is 0. The van der Waals surface area contributed by atoms with Gasteiger partial charge in [-0.25, -0.2) is 9.97 Å². The van der Waals surface area contributed by atoms with Crippen molar-refractivity contribution in [3.63, 3.8) is 0 Å². The number of piperidine rings is 1. The van der Waals surface area contributed by atoms with E-state index in [1.165, 1.54) is 0 Å². The van der Waals surface area contributed by atoms with Crippen LogP contribution in [0.25, 0.3) is 11.4 Å². The maximum absolute atomic E-state index is 13.8. The van der Waals surface area contributed by atoms with E-state index in [1.54, 1.807) is 25.1 Å². The van der Waals surface area contributed by atoms with Crippen LogP contribution in [0.5, 0.6) is 5.75 Å². The molecule has 2 aromatic carbocycles. The van der Waals surface area contributed by atoms with Gasteiger partial charge < -0.3 is 19.3 Å². The molecule has 8 nitrogen and oxygen atoms in total. The summed E-state index contributed by atoms with van der Waals surface area (Å²) >= 11 is 0. The van der Waals surface area contributed by atoms with E-state index in [-0.39, 0.29) is 17.8 Å². The Morgan fingerprint density at radius 3 is 2.43 bits per heavy atom. The SMILES string of the molecule is CCOC(=O)C1CCN(C(=O)c2cnc(-c3ccc(OC)cc3)nc2N(CC)c2cccc(C)c2)CC1. The summed E-state index contributed by atoms with van der Waals surface area (Å²) in [6.45, 7) is 7.84. The molecule has 1 fully saturated rings. The zero-order valence-electron chi connectivity index (χ0n) is 21.9. The topological polar surface area (TPSA) is 84.9 Å². The molecule has 0 spiro atoms. The molecule has 1 aromatic heterocycles. The van der Waals surface area contributed by atoms with Crippen LogP contribution in [0.3, 0.4) is 0 Å². The molecule has 8 heteroatoms. The third kappa shape index (κ3) is 5.90. The van der Waals surface area contributed by atoms with Crippen LogP contribution in [0.15, 0.2) is 54.7 Å². The van der Waals surface area contributed by atoms with E-state index in [0.29, 0.717) is 56.3 Å². The predicted octanol–water partition coefficient (Wildman–Crippen LogP) is 5.03. The van der Waals surface area contributed by atoms with Crippen LogP contribution in [0.2, 0.25) is 0 Å². The number of aryl methyl sites for hydroxylation is 1. The summed E-state index contributed by atoms with van der Waals surface area (Å²) in [5, 5.41) is 0. The minimum Gasteiger partial charge on any atom is -0.497 e. The van der Waals surface area contributed by atoms with Crippen LogP contribution in [-0.4, -0.2) is 60.1 Å². The monoisotopic (exact) mass is 502 g/mol. The predicted molar refractivity (Wildman–Crippen MR) is 143 cm³/mol. The summed E-state index contributed by atoms with van der Waals surface area (Å²) in [5.74, 6) is 1.35. The molecule has 194 valence electrons. The number of aromatic nitrogens is 2. The Morgan fingerprint density at radius 2 is 1.81 bits per heavy atom. The standard InChI is InChI=1S/C29H34N4O4/c1-5-33(23-9-7-8-20(3)18-23)27-25(19-30-26(31-27)21-10-12-24(36-4)13-11-21)28(34)32-16-14-22(15-17-32)29(35)37-6-2/h7-13,18-19,22H,5-6,14-17H2,1-4H3. The molecule has 0 N–H and O–H groups in total. The molecule has 1 saturated heterocycles. The smallest absolute Gasteiger partial charge is 0.309 e. The first kappa shape index (κ1) is 26.1. The van der Waals surface area contributed by atoms with Crippen molar-refractivity contribution in [3.05, 3.63) is 65.9 Å². The van der Waals surface area contributed by atoms with E-state index in [1.807, 2.05) is 61.2 Å². The summed E-state index contributed by atoms with van der Waals surface area (Å²) in [6, 6.07) is 15.7. The highest BCUT2D eigenvalue weighted by Gasteiger charge is 2.31. The van der Waals surface area contributed by atoms with Crippen LogP contribution < -0.4 is 9.64 Å². The Hall–Kier alpha value is -3.94. The third-order valence-corrected chi connectivity index (χ3v) is 6.63. The van der Waals surface area contributed by atoms with Gasteiger partial charge in [-0.3, -0.25) is 9.59 Å². The Bertz CT molecular complexity index is 1240. The average Bonchev–Trinajstić information content (AvgIpc) is 2.93. The Balaban J connectivity index is 1.69. The number of carbonyl (C=O) groups excluding carboxylic acids is 2. The van der Waals surface area contributed by atoms with Crippen LogP contribution >= 0.6 is 0 Å². The summed E-state index contributed by atoms with van der Waals surface area (Å²) < 4.78 is 10.5. The minimum absolute atomic E-state index is 0.135. The van der Waals surface area contributed by atoms with Crippen LogP contribution in [0.4, 0.5) is 11.5 Å². The number of esters is 1. The van der Waals surface area contributed by atoms with Crippen molar-refractivity contribution in [1.29, 1.82) is 0 Å². The van der Waals surface area contributed by atoms with E-state index in [0.717, 1.165) is 22.6 Å². The number of rotatable bonds is 8. The van der Waals surface area contributed by atoms with Crippen molar-refractivity contribution in [3.8, 4) is 17.1 Å². The fourth-order valence-corrected chi connectivity index (χ4v) is 4.61. The number of ether oxygens (including phenoxy) is 2. The Morgan fingerprint density at radius 1 is 1.08 bits per heavy atom. The maximum atomic E-state index is 13.8. The van der Waals surface area contributed by atoms with E-state index in [2.05, 4.69) is 11.1 Å². The normalized spacial score (nSPS) is 13.8. The van der Waals surface area contributed by atoms with Crippen molar-refractivity contribution in [1.82, 2.24) is 14.9 Å². The summed E-state index contributed by atoms with van der Waals surface area (Å²) in [5.41, 5.74) is 3.35. The zero-order valence-corrected chi connectivity index (χ0v) is 21.9. The van der Waals surface area contributed by atoms with E-state index in [9.17, 15) is 9.59 Å². The molecular formula is C29H34N4O4. The molecule has 0 bridgehead atoms. The van der Waals surface area contributed by atoms with Gasteiger partial charge in [-0.1, -0.05) is 12.1 Å². The minimum atomic E-state index is -0.181. The van der Waals surface area contributed by atoms with Gasteiger partial charge in [-0.05, 0) is 75.6 Å². The van der Waals surface area contributed by atoms with Gasteiger partial charge in [0.15, 0.2) is 5.82 Å². The van der Waals surface area contributed by atoms with Gasteiger partial charge in [0.1, 0.15) is 17.1 Å². The average molecular weight is 503 g/mol. The lowest BCUT2D eigenvalue weighted by molar-refractivity contribution is -0.149. The molecule has 37 heavy (non-hydrogen) atoms. The molecule has 1 amide bonds. The second-order valence-corrected chi connectivity index (χ2v) is 9.06. The molecule has 1 aliphatic rings. The van der Waals surface area contributed by atoms with Gasteiger partial charge >= 0.3 is 5.97 Å². The van der Waals surface area contributed by atoms with Gasteiger partial charge in [0.25, 0.3) is 5.91 Å². The molecule has 0 unspecified atom stereocenters. The molecule has 2 heterocycles. The van der Waals surface area contributed by atoms with Gasteiger partial charge in [-0.15, -0.1) is 0 Å². The molecule has 1 aliphatic heterocycles. The summed E-state index contributed by atoms with van der Waals surface area (Å²) in [4.78, 5) is 39.2. The number of hydrogen-bond acceptors (Lipinski definition) is 7. The van der Waals surface area contributed by atoms with Crippen molar-refractivity contribution >= 4 is 23.4 Å². The highest BCUT2D eigenvalue weighted by molar-refractivity contribution is 6.00. The van der Waals surface area contributed by atoms with E-state index in [4.69, 9.17) is 14.5 Å². The number of benzene rings is 2. The second-order valence-electron chi connectivity index (χ2n) is 9.06. The first-order valence-corrected chi connectivity index (χ1v) is 12.8. The van der Waals surface area contributed by atoms with Gasteiger partial charge in [0.2, 0.25) is 0 Å². The molecule has 3 aromatic rings. The largest absolute Gasteiger partial charge is 0.497 e. The number of anilines is 2. The Kier molecular flexibility index (Phi) is 8.38. The van der Waals surface area contributed by atoms with Crippen molar-refractivity contribution in [2.24, 2.45) is 5.92 Å². The lowest BCUT2D eigenvalue weighted by Crippen LogP contribution is -2.41. The number of carbonyl (C=O) groups is 2. The molecule has 0 aliphatic carbocycles.